The van der Waals surface area contributed by atoms with Crippen molar-refractivity contribution < 1.29 is 19.4 Å². The normalized spacial score (nSPS) is 17.4. The van der Waals surface area contributed by atoms with Gasteiger partial charge in [0.05, 0.1) is 11.6 Å². The molecule has 0 spiro atoms. The van der Waals surface area contributed by atoms with Crippen molar-refractivity contribution in [3.63, 3.8) is 0 Å². The Kier molecular flexibility index (Phi) is 3.78. The number of rotatable bonds is 4. The van der Waals surface area contributed by atoms with Crippen LogP contribution in [-0.4, -0.2) is 29.8 Å². The van der Waals surface area contributed by atoms with E-state index in [4.69, 9.17) is 9.84 Å². The minimum absolute atomic E-state index is 0.0921. The number of cyclic esters (lactones) is 1. The summed E-state index contributed by atoms with van der Waals surface area (Å²) in [7, 11) is 0. The van der Waals surface area contributed by atoms with E-state index in [2.05, 4.69) is 0 Å². The Bertz CT molecular complexity index is 682. The first-order chi connectivity index (χ1) is 10.6. The highest BCUT2D eigenvalue weighted by atomic mass is 16.6. The molecule has 2 aromatic rings. The topological polar surface area (TPSA) is 66.8 Å². The van der Waals surface area contributed by atoms with Gasteiger partial charge in [0, 0.05) is 5.69 Å². The average Bonchev–Trinajstić information content (AvgIpc) is 2.89. The Hall–Kier alpha value is -2.82. The fraction of sp³-hybridized carbons (Fsp3) is 0.176. The van der Waals surface area contributed by atoms with Crippen LogP contribution in [0.25, 0.3) is 0 Å². The maximum absolute atomic E-state index is 12.0. The Morgan fingerprint density at radius 3 is 2.45 bits per heavy atom. The van der Waals surface area contributed by atoms with E-state index in [1.807, 2.05) is 30.3 Å². The SMILES string of the molecule is O=C(O)c1ccc(N2C(=O)OCC2Cc2ccccc2)cc1. The zero-order chi connectivity index (χ0) is 15.5. The summed E-state index contributed by atoms with van der Waals surface area (Å²) < 4.78 is 5.15. The predicted molar refractivity (Wildman–Crippen MR) is 81.2 cm³/mol. The molecule has 1 aliphatic heterocycles. The molecule has 5 nitrogen and oxygen atoms in total. The van der Waals surface area contributed by atoms with Crippen LogP contribution in [-0.2, 0) is 11.2 Å². The first-order valence-corrected chi connectivity index (χ1v) is 6.98. The van der Waals surface area contributed by atoms with Crippen molar-refractivity contribution in [1.82, 2.24) is 0 Å². The minimum Gasteiger partial charge on any atom is -0.478 e. The Labute approximate surface area is 127 Å². The molecule has 1 aliphatic rings. The van der Waals surface area contributed by atoms with E-state index in [0.29, 0.717) is 18.7 Å². The highest BCUT2D eigenvalue weighted by Gasteiger charge is 2.34. The Balaban J connectivity index is 1.83. The number of carbonyl (C=O) groups excluding carboxylic acids is 1. The van der Waals surface area contributed by atoms with Gasteiger partial charge in [0.25, 0.3) is 0 Å². The van der Waals surface area contributed by atoms with E-state index in [1.165, 1.54) is 12.1 Å². The van der Waals surface area contributed by atoms with Gasteiger partial charge in [-0.05, 0) is 36.2 Å². The zero-order valence-electron chi connectivity index (χ0n) is 11.8. The third-order valence-corrected chi connectivity index (χ3v) is 3.67. The van der Waals surface area contributed by atoms with Crippen LogP contribution < -0.4 is 4.90 Å². The number of carboxylic acids is 1. The lowest BCUT2D eigenvalue weighted by Crippen LogP contribution is -2.35. The molecule has 0 radical (unpaired) electrons. The summed E-state index contributed by atoms with van der Waals surface area (Å²) in [5, 5.41) is 8.93. The van der Waals surface area contributed by atoms with Crippen molar-refractivity contribution in [2.24, 2.45) is 0 Å². The van der Waals surface area contributed by atoms with Crippen molar-refractivity contribution in [2.45, 2.75) is 12.5 Å². The van der Waals surface area contributed by atoms with Crippen LogP contribution in [0.15, 0.2) is 54.6 Å². The van der Waals surface area contributed by atoms with Gasteiger partial charge in [-0.2, -0.15) is 0 Å². The summed E-state index contributed by atoms with van der Waals surface area (Å²) in [6.45, 7) is 0.328. The van der Waals surface area contributed by atoms with Gasteiger partial charge in [-0.1, -0.05) is 30.3 Å². The first-order valence-electron chi connectivity index (χ1n) is 6.98. The molecule has 1 N–H and O–H groups in total. The summed E-state index contributed by atoms with van der Waals surface area (Å²) in [6, 6.07) is 16.0. The van der Waals surface area contributed by atoms with Gasteiger partial charge < -0.3 is 9.84 Å². The molecule has 3 rings (SSSR count). The summed E-state index contributed by atoms with van der Waals surface area (Å²) in [6.07, 6.45) is 0.289. The number of carbonyl (C=O) groups is 2. The van der Waals surface area contributed by atoms with Gasteiger partial charge in [-0.3, -0.25) is 4.90 Å². The second kappa shape index (κ2) is 5.89. The van der Waals surface area contributed by atoms with E-state index in [1.54, 1.807) is 17.0 Å². The molecular formula is C17H15NO4. The van der Waals surface area contributed by atoms with Gasteiger partial charge in [0.15, 0.2) is 0 Å². The molecule has 2 aromatic carbocycles. The lowest BCUT2D eigenvalue weighted by atomic mass is 10.1. The number of aromatic carboxylic acids is 1. The van der Waals surface area contributed by atoms with Crippen LogP contribution in [0.5, 0.6) is 0 Å². The van der Waals surface area contributed by atoms with Crippen molar-refractivity contribution in [2.75, 3.05) is 11.5 Å². The third-order valence-electron chi connectivity index (χ3n) is 3.67. The quantitative estimate of drug-likeness (QED) is 0.942. The van der Waals surface area contributed by atoms with E-state index in [9.17, 15) is 9.59 Å². The lowest BCUT2D eigenvalue weighted by molar-refractivity contribution is 0.0697. The number of ether oxygens (including phenoxy) is 1. The maximum atomic E-state index is 12.0. The van der Waals surface area contributed by atoms with Crippen LogP contribution in [0.4, 0.5) is 10.5 Å². The molecule has 112 valence electrons. The van der Waals surface area contributed by atoms with E-state index in [-0.39, 0.29) is 11.6 Å². The van der Waals surface area contributed by atoms with Crippen molar-refractivity contribution >= 4 is 17.7 Å². The van der Waals surface area contributed by atoms with Gasteiger partial charge in [-0.25, -0.2) is 9.59 Å². The van der Waals surface area contributed by atoms with Crippen LogP contribution in [0.2, 0.25) is 0 Å². The van der Waals surface area contributed by atoms with Crippen LogP contribution in [0.3, 0.4) is 0 Å². The van der Waals surface area contributed by atoms with Crippen molar-refractivity contribution in [3.8, 4) is 0 Å². The number of anilines is 1. The van der Waals surface area contributed by atoms with E-state index < -0.39 is 12.1 Å². The van der Waals surface area contributed by atoms with Gasteiger partial charge in [0.1, 0.15) is 6.61 Å². The molecule has 0 bridgehead atoms. The highest BCUT2D eigenvalue weighted by molar-refractivity contribution is 5.92. The number of nitrogens with zero attached hydrogens (tertiary/aromatic N) is 1. The monoisotopic (exact) mass is 297 g/mol. The molecule has 1 unspecified atom stereocenters. The molecule has 5 heteroatoms. The molecule has 1 saturated heterocycles. The number of carboxylic acid groups (broad SMARTS) is 1. The maximum Gasteiger partial charge on any atom is 0.414 e. The standard InChI is InChI=1S/C17H15NO4/c19-16(20)13-6-8-14(9-7-13)18-15(11-22-17(18)21)10-12-4-2-1-3-5-12/h1-9,15H,10-11H2,(H,19,20). The Morgan fingerprint density at radius 2 is 1.82 bits per heavy atom. The second-order valence-electron chi connectivity index (χ2n) is 5.14. The summed E-state index contributed by atoms with van der Waals surface area (Å²) in [4.78, 5) is 24.5. The van der Waals surface area contributed by atoms with Crippen molar-refractivity contribution in [3.05, 3.63) is 65.7 Å². The molecule has 1 amide bonds. The smallest absolute Gasteiger partial charge is 0.414 e. The molecule has 0 aliphatic carbocycles. The second-order valence-corrected chi connectivity index (χ2v) is 5.14. The predicted octanol–water partition coefficient (Wildman–Crippen LogP) is 2.95. The third kappa shape index (κ3) is 2.79. The summed E-state index contributed by atoms with van der Waals surface area (Å²) >= 11 is 0. The molecule has 1 fully saturated rings. The molecule has 1 atom stereocenters. The van der Waals surface area contributed by atoms with Gasteiger partial charge >= 0.3 is 12.1 Å². The van der Waals surface area contributed by atoms with Crippen LogP contribution >= 0.6 is 0 Å². The lowest BCUT2D eigenvalue weighted by Gasteiger charge is -2.21. The molecule has 0 saturated carbocycles. The molecule has 0 aromatic heterocycles. The first kappa shape index (κ1) is 14.1. The largest absolute Gasteiger partial charge is 0.478 e. The van der Waals surface area contributed by atoms with E-state index in [0.717, 1.165) is 5.56 Å². The van der Waals surface area contributed by atoms with Gasteiger partial charge in [-0.15, -0.1) is 0 Å². The number of hydrogen-bond donors (Lipinski definition) is 1. The highest BCUT2D eigenvalue weighted by Crippen LogP contribution is 2.25. The zero-order valence-corrected chi connectivity index (χ0v) is 11.8. The molecule has 22 heavy (non-hydrogen) atoms. The number of benzene rings is 2. The fourth-order valence-electron chi connectivity index (χ4n) is 2.58. The number of hydrogen-bond acceptors (Lipinski definition) is 3. The van der Waals surface area contributed by atoms with Crippen LogP contribution in [0, 0.1) is 0 Å². The Morgan fingerprint density at radius 1 is 1.14 bits per heavy atom. The molecule has 1 heterocycles. The van der Waals surface area contributed by atoms with Crippen molar-refractivity contribution in [1.29, 1.82) is 0 Å². The number of amides is 1. The summed E-state index contributed by atoms with van der Waals surface area (Å²) in [5.41, 5.74) is 1.96. The average molecular weight is 297 g/mol. The fourth-order valence-corrected chi connectivity index (χ4v) is 2.58. The van der Waals surface area contributed by atoms with E-state index >= 15 is 0 Å². The summed E-state index contributed by atoms with van der Waals surface area (Å²) in [5.74, 6) is -0.989. The van der Waals surface area contributed by atoms with Gasteiger partial charge in [0.2, 0.25) is 0 Å². The minimum atomic E-state index is -0.989. The van der Waals surface area contributed by atoms with Crippen LogP contribution in [0.1, 0.15) is 15.9 Å². The molecular weight excluding hydrogens is 282 g/mol.